The maximum atomic E-state index is 11.0. The summed E-state index contributed by atoms with van der Waals surface area (Å²) in [7, 11) is -4.24. The van der Waals surface area contributed by atoms with E-state index in [4.69, 9.17) is 4.55 Å². The van der Waals surface area contributed by atoms with Crippen LogP contribution < -0.4 is 29.6 Å². The van der Waals surface area contributed by atoms with Crippen LogP contribution in [0.25, 0.3) is 0 Å². The first-order chi connectivity index (χ1) is 6.32. The normalized spacial score (nSPS) is 10.6. The van der Waals surface area contributed by atoms with E-state index in [1.807, 2.05) is 0 Å². The summed E-state index contributed by atoms with van der Waals surface area (Å²) in [6, 6.07) is 4.18. The molecule has 6 heteroatoms. The Morgan fingerprint density at radius 3 is 2.33 bits per heavy atom. The second kappa shape index (κ2) is 5.23. The fraction of sp³-hybridized carbons (Fsp3) is 0.222. The van der Waals surface area contributed by atoms with Crippen LogP contribution in [-0.4, -0.2) is 18.8 Å². The second-order valence-electron chi connectivity index (χ2n) is 3.01. The Bertz CT molecular complexity index is 484. The predicted molar refractivity (Wildman–Crippen MR) is 52.1 cm³/mol. The number of hydrogen-bond donors (Lipinski definition) is 1. The first-order valence-corrected chi connectivity index (χ1v) is 5.35. The van der Waals surface area contributed by atoms with E-state index in [0.717, 1.165) is 0 Å². The number of Topliss-reactive ketones (excluding diaryl/α,β-unsaturated/α-hetero) is 1. The molecule has 0 unspecified atom stereocenters. The molecule has 0 aliphatic carbocycles. The largest absolute Gasteiger partial charge is 1.00 e. The molecule has 0 aliphatic rings. The summed E-state index contributed by atoms with van der Waals surface area (Å²) in [5.41, 5.74) is 0.681. The summed E-state index contributed by atoms with van der Waals surface area (Å²) in [4.78, 5) is 10.7. The van der Waals surface area contributed by atoms with Gasteiger partial charge in [0, 0.05) is 5.56 Å². The molecule has 1 aromatic carbocycles. The van der Waals surface area contributed by atoms with Crippen LogP contribution in [-0.2, 0) is 10.1 Å². The molecule has 0 fully saturated rings. The third kappa shape index (κ3) is 3.70. The summed E-state index contributed by atoms with van der Waals surface area (Å²) < 4.78 is 30.6. The van der Waals surface area contributed by atoms with Crippen molar-refractivity contribution in [3.05, 3.63) is 29.3 Å². The third-order valence-corrected chi connectivity index (χ3v) is 2.87. The number of hydrogen-bond acceptors (Lipinski definition) is 3. The minimum absolute atomic E-state index is 0. The molecule has 4 nitrogen and oxygen atoms in total. The van der Waals surface area contributed by atoms with Gasteiger partial charge in [0.15, 0.2) is 5.78 Å². The molecule has 0 heterocycles. The first kappa shape index (κ1) is 14.8. The zero-order valence-electron chi connectivity index (χ0n) is 9.81. The standard InChI is InChI=1S/C9H10O4S.Na.H/c1-6-3-4-8(7(2)10)5-9(6)14(11,12)13;;/h3-5H,1-2H3,(H,11,12,13);;/q;+1;-1. The van der Waals surface area contributed by atoms with E-state index in [1.165, 1.54) is 25.1 Å². The van der Waals surface area contributed by atoms with Crippen LogP contribution in [0.15, 0.2) is 23.1 Å². The molecular weight excluding hydrogens is 227 g/mol. The van der Waals surface area contributed by atoms with Crippen molar-refractivity contribution >= 4 is 15.9 Å². The number of benzene rings is 1. The van der Waals surface area contributed by atoms with Crippen LogP contribution in [0.2, 0.25) is 0 Å². The molecule has 0 radical (unpaired) electrons. The molecular formula is C9H11NaO4S. The van der Waals surface area contributed by atoms with E-state index in [-0.39, 0.29) is 47.2 Å². The Morgan fingerprint density at radius 1 is 1.40 bits per heavy atom. The van der Waals surface area contributed by atoms with Gasteiger partial charge in [-0.15, -0.1) is 0 Å². The van der Waals surface area contributed by atoms with Crippen molar-refractivity contribution in [1.82, 2.24) is 0 Å². The van der Waals surface area contributed by atoms with Crippen molar-refractivity contribution < 1.29 is 48.7 Å². The van der Waals surface area contributed by atoms with E-state index in [2.05, 4.69) is 0 Å². The molecule has 0 saturated heterocycles. The molecule has 0 aliphatic heterocycles. The Hall–Kier alpha value is -0.200. The summed E-state index contributed by atoms with van der Waals surface area (Å²) in [6.45, 7) is 2.88. The van der Waals surface area contributed by atoms with Gasteiger partial charge in [0.1, 0.15) is 0 Å². The Morgan fingerprint density at radius 2 is 1.93 bits per heavy atom. The van der Waals surface area contributed by atoms with Crippen LogP contribution in [0, 0.1) is 6.92 Å². The van der Waals surface area contributed by atoms with Crippen molar-refractivity contribution in [1.29, 1.82) is 0 Å². The second-order valence-corrected chi connectivity index (χ2v) is 4.40. The van der Waals surface area contributed by atoms with Crippen molar-refractivity contribution in [3.8, 4) is 0 Å². The predicted octanol–water partition coefficient (Wildman–Crippen LogP) is -1.44. The van der Waals surface area contributed by atoms with Crippen molar-refractivity contribution in [3.63, 3.8) is 0 Å². The van der Waals surface area contributed by atoms with E-state index in [9.17, 15) is 13.2 Å². The summed E-state index contributed by atoms with van der Waals surface area (Å²) in [5, 5.41) is 0. The molecule has 0 saturated carbocycles. The van der Waals surface area contributed by atoms with Crippen molar-refractivity contribution in [2.45, 2.75) is 18.7 Å². The summed E-state index contributed by atoms with van der Waals surface area (Å²) in [5.74, 6) is -0.241. The van der Waals surface area contributed by atoms with Gasteiger partial charge in [-0.25, -0.2) is 0 Å². The van der Waals surface area contributed by atoms with E-state index >= 15 is 0 Å². The number of carbonyl (C=O) groups excluding carboxylic acids is 1. The van der Waals surface area contributed by atoms with Gasteiger partial charge < -0.3 is 1.43 Å². The smallest absolute Gasteiger partial charge is 1.00 e. The molecule has 0 aromatic heterocycles. The van der Waals surface area contributed by atoms with Crippen LogP contribution in [0.5, 0.6) is 0 Å². The zero-order chi connectivity index (χ0) is 10.9. The summed E-state index contributed by atoms with van der Waals surface area (Å²) in [6.07, 6.45) is 0. The van der Waals surface area contributed by atoms with Gasteiger partial charge in [-0.05, 0) is 25.5 Å². The minimum atomic E-state index is -4.24. The SMILES string of the molecule is CC(=O)c1ccc(C)c(S(=O)(=O)O)c1.[H-].[Na+]. The van der Waals surface area contributed by atoms with Gasteiger partial charge in [-0.2, -0.15) is 8.42 Å². The van der Waals surface area contributed by atoms with Gasteiger partial charge in [-0.1, -0.05) is 12.1 Å². The van der Waals surface area contributed by atoms with Gasteiger partial charge in [0.2, 0.25) is 0 Å². The van der Waals surface area contributed by atoms with E-state index in [1.54, 1.807) is 6.92 Å². The monoisotopic (exact) mass is 238 g/mol. The van der Waals surface area contributed by atoms with Crippen LogP contribution in [0.1, 0.15) is 24.3 Å². The van der Waals surface area contributed by atoms with Crippen LogP contribution >= 0.6 is 0 Å². The average Bonchev–Trinajstić information content (AvgIpc) is 2.02. The van der Waals surface area contributed by atoms with Gasteiger partial charge in [0.05, 0.1) is 4.90 Å². The molecule has 0 atom stereocenters. The van der Waals surface area contributed by atoms with Crippen LogP contribution in [0.4, 0.5) is 0 Å². The summed E-state index contributed by atoms with van der Waals surface area (Å²) >= 11 is 0. The molecule has 15 heavy (non-hydrogen) atoms. The third-order valence-electron chi connectivity index (χ3n) is 1.87. The first-order valence-electron chi connectivity index (χ1n) is 3.91. The minimum Gasteiger partial charge on any atom is -1.00 e. The maximum Gasteiger partial charge on any atom is 1.00 e. The molecule has 0 spiro atoms. The quantitative estimate of drug-likeness (QED) is 0.389. The number of aryl methyl sites for hydroxylation is 1. The van der Waals surface area contributed by atoms with Crippen molar-refractivity contribution in [2.24, 2.45) is 0 Å². The average molecular weight is 238 g/mol. The Balaban J connectivity index is 0. The van der Waals surface area contributed by atoms with E-state index in [0.29, 0.717) is 5.56 Å². The van der Waals surface area contributed by atoms with Gasteiger partial charge in [0.25, 0.3) is 10.1 Å². The molecule has 0 bridgehead atoms. The van der Waals surface area contributed by atoms with Crippen molar-refractivity contribution in [2.75, 3.05) is 0 Å². The number of carbonyl (C=O) groups is 1. The fourth-order valence-corrected chi connectivity index (χ4v) is 1.85. The van der Waals surface area contributed by atoms with Crippen LogP contribution in [0.3, 0.4) is 0 Å². The molecule has 78 valence electrons. The molecule has 1 rings (SSSR count). The maximum absolute atomic E-state index is 11.0. The Kier molecular flexibility index (Phi) is 5.16. The van der Waals surface area contributed by atoms with Gasteiger partial charge >= 0.3 is 29.6 Å². The fourth-order valence-electron chi connectivity index (χ4n) is 1.10. The topological polar surface area (TPSA) is 71.4 Å². The van der Waals surface area contributed by atoms with Gasteiger partial charge in [-0.3, -0.25) is 9.35 Å². The Labute approximate surface area is 112 Å². The van der Waals surface area contributed by atoms with E-state index < -0.39 is 10.1 Å². The molecule has 1 aromatic rings. The molecule has 0 amide bonds. The number of ketones is 1. The zero-order valence-corrected chi connectivity index (χ0v) is 11.6. The number of rotatable bonds is 2. The molecule has 1 N–H and O–H groups in total.